The van der Waals surface area contributed by atoms with Crippen LogP contribution in [0.4, 0.5) is 0 Å². The van der Waals surface area contributed by atoms with Gasteiger partial charge in [-0.05, 0) is 30.5 Å². The highest BCUT2D eigenvalue weighted by Gasteiger charge is 2.08. The van der Waals surface area contributed by atoms with Crippen molar-refractivity contribution in [2.75, 3.05) is 7.11 Å². The van der Waals surface area contributed by atoms with E-state index in [0.29, 0.717) is 12.2 Å². The molecule has 82 valence electrons. The Morgan fingerprint density at radius 2 is 2.13 bits per heavy atom. The van der Waals surface area contributed by atoms with Gasteiger partial charge in [-0.25, -0.2) is 0 Å². The highest BCUT2D eigenvalue weighted by Crippen LogP contribution is 2.31. The number of benzene rings is 1. The zero-order valence-electron chi connectivity index (χ0n) is 8.78. The van der Waals surface area contributed by atoms with Crippen molar-refractivity contribution >= 4 is 5.97 Å². The fourth-order valence-corrected chi connectivity index (χ4v) is 1.49. The van der Waals surface area contributed by atoms with Gasteiger partial charge in [-0.2, -0.15) is 0 Å². The second-order valence-electron chi connectivity index (χ2n) is 3.36. The molecular weight excluding hydrogens is 196 g/mol. The molecule has 4 nitrogen and oxygen atoms in total. The Bertz CT molecular complexity index is 348. The van der Waals surface area contributed by atoms with Crippen LogP contribution in [0.25, 0.3) is 0 Å². The average molecular weight is 210 g/mol. The minimum atomic E-state index is -0.844. The van der Waals surface area contributed by atoms with Crippen LogP contribution in [-0.2, 0) is 11.2 Å². The van der Waals surface area contributed by atoms with Crippen molar-refractivity contribution in [2.24, 2.45) is 0 Å². The third-order valence-electron chi connectivity index (χ3n) is 2.15. The standard InChI is InChI=1S/C11H14O4/c1-7-5-8(3-4-10(13)14)6-9(12)11(7)15-2/h5-6,12H,3-4H2,1-2H3,(H,13,14). The third-order valence-corrected chi connectivity index (χ3v) is 2.15. The monoisotopic (exact) mass is 210 g/mol. The quantitative estimate of drug-likeness (QED) is 0.794. The van der Waals surface area contributed by atoms with Crippen LogP contribution < -0.4 is 4.74 Å². The fraction of sp³-hybridized carbons (Fsp3) is 0.364. The molecule has 0 aliphatic rings. The van der Waals surface area contributed by atoms with Crippen LogP contribution in [0.1, 0.15) is 17.5 Å². The number of aliphatic carboxylic acids is 1. The van der Waals surface area contributed by atoms with E-state index >= 15 is 0 Å². The van der Waals surface area contributed by atoms with Crippen molar-refractivity contribution in [3.63, 3.8) is 0 Å². The van der Waals surface area contributed by atoms with Crippen LogP contribution in [0.2, 0.25) is 0 Å². The zero-order valence-corrected chi connectivity index (χ0v) is 8.78. The lowest BCUT2D eigenvalue weighted by Gasteiger charge is -2.09. The summed E-state index contributed by atoms with van der Waals surface area (Å²) in [5.41, 5.74) is 1.60. The number of phenolic OH excluding ortho intramolecular Hbond substituents is 1. The summed E-state index contributed by atoms with van der Waals surface area (Å²) in [5, 5.41) is 18.1. The molecule has 0 aliphatic carbocycles. The van der Waals surface area contributed by atoms with Crippen molar-refractivity contribution in [1.29, 1.82) is 0 Å². The summed E-state index contributed by atoms with van der Waals surface area (Å²) in [5.74, 6) is -0.352. The van der Waals surface area contributed by atoms with Gasteiger partial charge in [-0.3, -0.25) is 4.79 Å². The number of carboxylic acid groups (broad SMARTS) is 1. The smallest absolute Gasteiger partial charge is 0.303 e. The van der Waals surface area contributed by atoms with Crippen LogP contribution in [0, 0.1) is 6.92 Å². The van der Waals surface area contributed by atoms with E-state index < -0.39 is 5.97 Å². The summed E-state index contributed by atoms with van der Waals surface area (Å²) in [4.78, 5) is 10.4. The molecule has 0 heterocycles. The van der Waals surface area contributed by atoms with Crippen molar-refractivity contribution in [3.05, 3.63) is 23.3 Å². The van der Waals surface area contributed by atoms with E-state index in [1.807, 2.05) is 13.0 Å². The Hall–Kier alpha value is -1.71. The number of aromatic hydroxyl groups is 1. The maximum absolute atomic E-state index is 10.4. The molecule has 4 heteroatoms. The highest BCUT2D eigenvalue weighted by atomic mass is 16.5. The number of methoxy groups -OCH3 is 1. The Labute approximate surface area is 88.1 Å². The van der Waals surface area contributed by atoms with Gasteiger partial charge in [0.05, 0.1) is 7.11 Å². The Morgan fingerprint density at radius 3 is 2.60 bits per heavy atom. The molecule has 0 bridgehead atoms. The molecule has 0 saturated heterocycles. The van der Waals surface area contributed by atoms with E-state index in [1.54, 1.807) is 0 Å². The van der Waals surface area contributed by atoms with Crippen molar-refractivity contribution in [2.45, 2.75) is 19.8 Å². The topological polar surface area (TPSA) is 66.8 Å². The largest absolute Gasteiger partial charge is 0.504 e. The van der Waals surface area contributed by atoms with Crippen LogP contribution >= 0.6 is 0 Å². The molecule has 0 unspecified atom stereocenters. The maximum atomic E-state index is 10.4. The van der Waals surface area contributed by atoms with Gasteiger partial charge in [0.2, 0.25) is 0 Å². The number of carbonyl (C=O) groups is 1. The van der Waals surface area contributed by atoms with Crippen molar-refractivity contribution < 1.29 is 19.7 Å². The van der Waals surface area contributed by atoms with E-state index in [4.69, 9.17) is 9.84 Å². The molecule has 1 aromatic carbocycles. The molecular formula is C11H14O4. The fourth-order valence-electron chi connectivity index (χ4n) is 1.49. The average Bonchev–Trinajstić information content (AvgIpc) is 2.14. The molecule has 2 N–H and O–H groups in total. The summed E-state index contributed by atoms with van der Waals surface area (Å²) < 4.78 is 4.99. The molecule has 0 spiro atoms. The van der Waals surface area contributed by atoms with E-state index in [0.717, 1.165) is 11.1 Å². The Balaban J connectivity index is 2.88. The van der Waals surface area contributed by atoms with Crippen LogP contribution in [0.15, 0.2) is 12.1 Å². The first-order chi connectivity index (χ1) is 7.04. The SMILES string of the molecule is COc1c(C)cc(CCC(=O)O)cc1O. The minimum Gasteiger partial charge on any atom is -0.504 e. The number of carboxylic acids is 1. The lowest BCUT2D eigenvalue weighted by atomic mass is 10.1. The van der Waals surface area contributed by atoms with Gasteiger partial charge >= 0.3 is 5.97 Å². The van der Waals surface area contributed by atoms with Crippen molar-refractivity contribution in [3.8, 4) is 11.5 Å². The first kappa shape index (κ1) is 11.4. The summed E-state index contributed by atoms with van der Waals surface area (Å²) in [6.07, 6.45) is 0.471. The summed E-state index contributed by atoms with van der Waals surface area (Å²) >= 11 is 0. The summed E-state index contributed by atoms with van der Waals surface area (Å²) in [7, 11) is 1.49. The molecule has 0 saturated carbocycles. The van der Waals surface area contributed by atoms with E-state index in [2.05, 4.69) is 0 Å². The Morgan fingerprint density at radius 1 is 1.47 bits per heavy atom. The molecule has 0 aromatic heterocycles. The summed E-state index contributed by atoms with van der Waals surface area (Å²) in [6.45, 7) is 1.81. The van der Waals surface area contributed by atoms with Gasteiger partial charge in [0.25, 0.3) is 0 Å². The minimum absolute atomic E-state index is 0.0536. The zero-order chi connectivity index (χ0) is 11.4. The normalized spacial score (nSPS) is 10.0. The second kappa shape index (κ2) is 4.68. The van der Waals surface area contributed by atoms with Gasteiger partial charge in [0.1, 0.15) is 0 Å². The number of aryl methyl sites for hydroxylation is 2. The molecule has 0 aliphatic heterocycles. The first-order valence-corrected chi connectivity index (χ1v) is 4.63. The Kier molecular flexibility index (Phi) is 3.55. The molecule has 15 heavy (non-hydrogen) atoms. The number of hydrogen-bond donors (Lipinski definition) is 2. The molecule has 0 radical (unpaired) electrons. The molecule has 0 atom stereocenters. The van der Waals surface area contributed by atoms with Gasteiger partial charge in [0, 0.05) is 6.42 Å². The third kappa shape index (κ3) is 2.87. The number of ether oxygens (including phenoxy) is 1. The van der Waals surface area contributed by atoms with Crippen LogP contribution in [-0.4, -0.2) is 23.3 Å². The van der Waals surface area contributed by atoms with Gasteiger partial charge in [0.15, 0.2) is 11.5 Å². The maximum Gasteiger partial charge on any atom is 0.303 e. The molecule has 1 aromatic rings. The lowest BCUT2D eigenvalue weighted by Crippen LogP contribution is -1.98. The van der Waals surface area contributed by atoms with Gasteiger partial charge in [-0.15, -0.1) is 0 Å². The first-order valence-electron chi connectivity index (χ1n) is 4.63. The van der Waals surface area contributed by atoms with E-state index in [-0.39, 0.29) is 12.2 Å². The number of phenols is 1. The van der Waals surface area contributed by atoms with Crippen LogP contribution in [0.5, 0.6) is 11.5 Å². The van der Waals surface area contributed by atoms with Crippen molar-refractivity contribution in [1.82, 2.24) is 0 Å². The van der Waals surface area contributed by atoms with Crippen LogP contribution in [0.3, 0.4) is 0 Å². The molecule has 1 rings (SSSR count). The van der Waals surface area contributed by atoms with E-state index in [1.165, 1.54) is 13.2 Å². The molecule has 0 amide bonds. The molecule has 0 fully saturated rings. The lowest BCUT2D eigenvalue weighted by molar-refractivity contribution is -0.136. The summed E-state index contributed by atoms with van der Waals surface area (Å²) in [6, 6.07) is 3.36. The van der Waals surface area contributed by atoms with Gasteiger partial charge < -0.3 is 14.9 Å². The predicted molar refractivity (Wildman–Crippen MR) is 55.4 cm³/mol. The number of hydrogen-bond acceptors (Lipinski definition) is 3. The highest BCUT2D eigenvalue weighted by molar-refractivity contribution is 5.67. The second-order valence-corrected chi connectivity index (χ2v) is 3.36. The van der Waals surface area contributed by atoms with Gasteiger partial charge in [-0.1, -0.05) is 6.07 Å². The predicted octanol–water partition coefficient (Wildman–Crippen LogP) is 1.73. The van der Waals surface area contributed by atoms with E-state index in [9.17, 15) is 9.90 Å². The number of rotatable bonds is 4.